The van der Waals surface area contributed by atoms with Crippen LogP contribution in [0.3, 0.4) is 0 Å². The van der Waals surface area contributed by atoms with Crippen molar-refractivity contribution in [3.8, 4) is 0 Å². The van der Waals surface area contributed by atoms with Crippen LogP contribution in [-0.2, 0) is 11.3 Å². The summed E-state index contributed by atoms with van der Waals surface area (Å²) < 4.78 is 5.53. The van der Waals surface area contributed by atoms with Crippen molar-refractivity contribution >= 4 is 11.3 Å². The lowest BCUT2D eigenvalue weighted by molar-refractivity contribution is 0.123. The van der Waals surface area contributed by atoms with E-state index in [4.69, 9.17) is 4.74 Å². The molecule has 1 fully saturated rings. The minimum absolute atomic E-state index is 0.371. The van der Waals surface area contributed by atoms with Gasteiger partial charge in [0.25, 0.3) is 0 Å². The first-order chi connectivity index (χ1) is 7.29. The van der Waals surface area contributed by atoms with Crippen molar-refractivity contribution in [2.24, 2.45) is 0 Å². The van der Waals surface area contributed by atoms with E-state index >= 15 is 0 Å². The molecule has 1 aliphatic heterocycles. The molecule has 0 aliphatic carbocycles. The van der Waals surface area contributed by atoms with Crippen LogP contribution < -0.4 is 5.32 Å². The minimum Gasteiger partial charge on any atom is -0.378 e. The molecule has 2 heterocycles. The Morgan fingerprint density at radius 2 is 2.40 bits per heavy atom. The molecule has 4 nitrogen and oxygen atoms in total. The van der Waals surface area contributed by atoms with E-state index < -0.39 is 0 Å². The SMILES string of the molecule is CCNCc1nnc(C2COC(C)C2)s1. The van der Waals surface area contributed by atoms with Crippen LogP contribution in [0.15, 0.2) is 0 Å². The Labute approximate surface area is 94.1 Å². The molecule has 5 heteroatoms. The first-order valence-corrected chi connectivity index (χ1v) is 6.25. The Morgan fingerprint density at radius 3 is 3.07 bits per heavy atom. The van der Waals surface area contributed by atoms with E-state index in [1.165, 1.54) is 0 Å². The summed E-state index contributed by atoms with van der Waals surface area (Å²) in [4.78, 5) is 0. The molecule has 0 saturated carbocycles. The van der Waals surface area contributed by atoms with Gasteiger partial charge >= 0.3 is 0 Å². The average Bonchev–Trinajstić information content (AvgIpc) is 2.83. The molecular formula is C10H17N3OS. The fourth-order valence-electron chi connectivity index (χ4n) is 1.72. The van der Waals surface area contributed by atoms with Gasteiger partial charge < -0.3 is 10.1 Å². The fraction of sp³-hybridized carbons (Fsp3) is 0.800. The van der Waals surface area contributed by atoms with E-state index in [-0.39, 0.29) is 0 Å². The number of rotatable bonds is 4. The Morgan fingerprint density at radius 1 is 1.53 bits per heavy atom. The van der Waals surface area contributed by atoms with Crippen LogP contribution >= 0.6 is 11.3 Å². The molecule has 15 heavy (non-hydrogen) atoms. The number of ether oxygens (including phenoxy) is 1. The van der Waals surface area contributed by atoms with E-state index in [1.807, 2.05) is 0 Å². The quantitative estimate of drug-likeness (QED) is 0.847. The summed E-state index contributed by atoms with van der Waals surface area (Å²) in [7, 11) is 0. The van der Waals surface area contributed by atoms with Crippen molar-refractivity contribution in [3.05, 3.63) is 10.0 Å². The van der Waals surface area contributed by atoms with Gasteiger partial charge in [0.05, 0.1) is 12.7 Å². The van der Waals surface area contributed by atoms with E-state index in [0.29, 0.717) is 12.0 Å². The molecule has 2 atom stereocenters. The largest absolute Gasteiger partial charge is 0.378 e. The molecule has 1 aromatic rings. The van der Waals surface area contributed by atoms with Gasteiger partial charge in [-0.2, -0.15) is 0 Å². The van der Waals surface area contributed by atoms with Gasteiger partial charge in [0.1, 0.15) is 10.0 Å². The molecule has 0 spiro atoms. The maximum Gasteiger partial charge on any atom is 0.131 e. The first-order valence-electron chi connectivity index (χ1n) is 5.44. The van der Waals surface area contributed by atoms with Crippen LogP contribution in [-0.4, -0.2) is 29.5 Å². The number of hydrogen-bond donors (Lipinski definition) is 1. The maximum absolute atomic E-state index is 5.53. The molecule has 1 aliphatic rings. The molecule has 2 unspecified atom stereocenters. The molecule has 0 amide bonds. The predicted octanol–water partition coefficient (Wildman–Crippen LogP) is 1.54. The lowest BCUT2D eigenvalue weighted by Gasteiger charge is -1.99. The Balaban J connectivity index is 1.94. The van der Waals surface area contributed by atoms with Crippen molar-refractivity contribution in [2.75, 3.05) is 13.2 Å². The summed E-state index contributed by atoms with van der Waals surface area (Å²) >= 11 is 1.71. The molecule has 84 valence electrons. The molecule has 1 aromatic heterocycles. The monoisotopic (exact) mass is 227 g/mol. The van der Waals surface area contributed by atoms with Crippen LogP contribution in [0.25, 0.3) is 0 Å². The maximum atomic E-state index is 5.53. The molecule has 2 rings (SSSR count). The highest BCUT2D eigenvalue weighted by Crippen LogP contribution is 2.30. The minimum atomic E-state index is 0.371. The van der Waals surface area contributed by atoms with Crippen LogP contribution in [0.2, 0.25) is 0 Å². The van der Waals surface area contributed by atoms with E-state index in [9.17, 15) is 0 Å². The summed E-state index contributed by atoms with van der Waals surface area (Å²) in [5.74, 6) is 0.466. The van der Waals surface area contributed by atoms with E-state index in [1.54, 1.807) is 11.3 Å². The topological polar surface area (TPSA) is 47.0 Å². The molecule has 0 radical (unpaired) electrons. The first kappa shape index (κ1) is 11.0. The van der Waals surface area contributed by atoms with Gasteiger partial charge in [-0.1, -0.05) is 18.3 Å². The molecule has 0 bridgehead atoms. The van der Waals surface area contributed by atoms with Crippen molar-refractivity contribution in [1.82, 2.24) is 15.5 Å². The van der Waals surface area contributed by atoms with Crippen molar-refractivity contribution in [3.63, 3.8) is 0 Å². The zero-order chi connectivity index (χ0) is 10.7. The number of nitrogens with zero attached hydrogens (tertiary/aromatic N) is 2. The third-order valence-corrected chi connectivity index (χ3v) is 3.64. The van der Waals surface area contributed by atoms with Gasteiger partial charge in [0, 0.05) is 12.5 Å². The van der Waals surface area contributed by atoms with Gasteiger partial charge in [-0.3, -0.25) is 0 Å². The third-order valence-electron chi connectivity index (χ3n) is 2.56. The second kappa shape index (κ2) is 5.01. The number of nitrogens with one attached hydrogen (secondary N) is 1. The van der Waals surface area contributed by atoms with Gasteiger partial charge in [-0.15, -0.1) is 10.2 Å². The van der Waals surface area contributed by atoms with Crippen LogP contribution in [0.5, 0.6) is 0 Å². The van der Waals surface area contributed by atoms with E-state index in [0.717, 1.165) is 36.1 Å². The second-order valence-corrected chi connectivity index (χ2v) is 4.98. The number of hydrogen-bond acceptors (Lipinski definition) is 5. The van der Waals surface area contributed by atoms with Crippen LogP contribution in [0, 0.1) is 0 Å². The van der Waals surface area contributed by atoms with Gasteiger partial charge in [-0.25, -0.2) is 0 Å². The summed E-state index contributed by atoms with van der Waals surface area (Å²) in [5.41, 5.74) is 0. The third kappa shape index (κ3) is 2.74. The molecular weight excluding hydrogens is 210 g/mol. The van der Waals surface area contributed by atoms with Gasteiger partial charge in [-0.05, 0) is 19.9 Å². The highest BCUT2D eigenvalue weighted by atomic mass is 32.1. The lowest BCUT2D eigenvalue weighted by atomic mass is 10.1. The highest BCUT2D eigenvalue weighted by Gasteiger charge is 2.26. The van der Waals surface area contributed by atoms with Crippen molar-refractivity contribution in [2.45, 2.75) is 38.8 Å². The summed E-state index contributed by atoms with van der Waals surface area (Å²) in [6.07, 6.45) is 1.45. The second-order valence-electron chi connectivity index (χ2n) is 3.89. The summed E-state index contributed by atoms with van der Waals surface area (Å²) in [5, 5.41) is 13.9. The number of aromatic nitrogens is 2. The lowest BCUT2D eigenvalue weighted by Crippen LogP contribution is -2.11. The van der Waals surface area contributed by atoms with Crippen molar-refractivity contribution in [1.29, 1.82) is 0 Å². The zero-order valence-electron chi connectivity index (χ0n) is 9.19. The molecule has 1 saturated heterocycles. The summed E-state index contributed by atoms with van der Waals surface area (Å²) in [6.45, 7) is 6.81. The summed E-state index contributed by atoms with van der Waals surface area (Å²) in [6, 6.07) is 0. The Hall–Kier alpha value is -0.520. The predicted molar refractivity (Wildman–Crippen MR) is 60.1 cm³/mol. The Bertz CT molecular complexity index is 315. The average molecular weight is 227 g/mol. The smallest absolute Gasteiger partial charge is 0.131 e. The zero-order valence-corrected chi connectivity index (χ0v) is 10.0. The normalized spacial score (nSPS) is 26.0. The van der Waals surface area contributed by atoms with Gasteiger partial charge in [0.15, 0.2) is 0 Å². The standard InChI is InChI=1S/C10H17N3OS/c1-3-11-5-9-12-13-10(15-9)8-4-7(2)14-6-8/h7-8,11H,3-6H2,1-2H3. The van der Waals surface area contributed by atoms with Crippen molar-refractivity contribution < 1.29 is 4.74 Å². The molecule has 0 aromatic carbocycles. The van der Waals surface area contributed by atoms with Crippen LogP contribution in [0.1, 0.15) is 36.2 Å². The van der Waals surface area contributed by atoms with Crippen LogP contribution in [0.4, 0.5) is 0 Å². The Kier molecular flexibility index (Phi) is 3.66. The van der Waals surface area contributed by atoms with E-state index in [2.05, 4.69) is 29.4 Å². The fourth-order valence-corrected chi connectivity index (χ4v) is 2.63. The highest BCUT2D eigenvalue weighted by molar-refractivity contribution is 7.11. The van der Waals surface area contributed by atoms with Gasteiger partial charge in [0.2, 0.25) is 0 Å². The molecule has 1 N–H and O–H groups in total.